The van der Waals surface area contributed by atoms with Crippen molar-refractivity contribution in [2.24, 2.45) is 4.99 Å². The van der Waals surface area contributed by atoms with Crippen molar-refractivity contribution in [2.45, 2.75) is 6.92 Å². The highest BCUT2D eigenvalue weighted by Crippen LogP contribution is 2.30. The van der Waals surface area contributed by atoms with E-state index in [2.05, 4.69) is 9.98 Å². The van der Waals surface area contributed by atoms with Crippen LogP contribution in [0.25, 0.3) is 11.1 Å². The first-order valence-corrected chi connectivity index (χ1v) is 6.88. The maximum Gasteiger partial charge on any atom is 0.263 e. The van der Waals surface area contributed by atoms with Crippen LogP contribution in [0.5, 0.6) is 5.75 Å². The largest absolute Gasteiger partial charge is 0.867 e. The van der Waals surface area contributed by atoms with Gasteiger partial charge in [0.05, 0.1) is 10.6 Å². The van der Waals surface area contributed by atoms with Crippen molar-refractivity contribution in [1.29, 1.82) is 0 Å². The lowest BCUT2D eigenvalue weighted by Gasteiger charge is -2.10. The van der Waals surface area contributed by atoms with Gasteiger partial charge in [0.25, 0.3) is 5.69 Å². The van der Waals surface area contributed by atoms with E-state index in [-0.39, 0.29) is 10.6 Å². The zero-order valence-corrected chi connectivity index (χ0v) is 12.6. The zero-order chi connectivity index (χ0) is 16.6. The summed E-state index contributed by atoms with van der Waals surface area (Å²) in [5, 5.41) is 22.9. The fourth-order valence-electron chi connectivity index (χ4n) is 2.09. The third-order valence-corrected chi connectivity index (χ3v) is 3.31. The Labute approximate surface area is 135 Å². The van der Waals surface area contributed by atoms with E-state index in [9.17, 15) is 15.2 Å². The van der Waals surface area contributed by atoms with Gasteiger partial charge in [-0.15, -0.1) is 0 Å². The van der Waals surface area contributed by atoms with Gasteiger partial charge in [-0.1, -0.05) is 11.6 Å². The molecule has 0 atom stereocenters. The number of aliphatic imine (C=N–C) groups is 1. The van der Waals surface area contributed by atoms with Crippen LogP contribution in [0.3, 0.4) is 0 Å². The monoisotopic (exact) mass is 330 g/mol. The van der Waals surface area contributed by atoms with Crippen molar-refractivity contribution in [3.05, 3.63) is 56.9 Å². The summed E-state index contributed by atoms with van der Waals surface area (Å²) in [5.41, 5.74) is 1.26. The number of nitro groups is 1. The molecule has 0 saturated carbocycles. The van der Waals surface area contributed by atoms with Gasteiger partial charge in [-0.2, -0.15) is 0 Å². The smallest absolute Gasteiger partial charge is 0.263 e. The molecule has 3 aromatic rings. The van der Waals surface area contributed by atoms with E-state index in [1.807, 2.05) is 0 Å². The minimum Gasteiger partial charge on any atom is -0.867 e. The van der Waals surface area contributed by atoms with E-state index >= 15 is 0 Å². The van der Waals surface area contributed by atoms with Crippen LogP contribution in [0.2, 0.25) is 5.02 Å². The van der Waals surface area contributed by atoms with Gasteiger partial charge in [0.15, 0.2) is 11.5 Å². The normalized spacial score (nSPS) is 11.4. The molecule has 0 saturated heterocycles. The Bertz CT molecular complexity index is 949. The summed E-state index contributed by atoms with van der Waals surface area (Å²) >= 11 is 5.80. The number of hydrogen-bond donors (Lipinski definition) is 0. The van der Waals surface area contributed by atoms with Gasteiger partial charge in [-0.3, -0.25) is 15.1 Å². The van der Waals surface area contributed by atoms with Crippen LogP contribution in [0.15, 0.2) is 39.7 Å². The molecule has 1 aromatic heterocycles. The van der Waals surface area contributed by atoms with Gasteiger partial charge >= 0.3 is 0 Å². The molecule has 7 nitrogen and oxygen atoms in total. The Balaban J connectivity index is 1.99. The summed E-state index contributed by atoms with van der Waals surface area (Å²) < 4.78 is 5.36. The number of aryl methyl sites for hydroxylation is 1. The molecule has 8 heteroatoms. The van der Waals surface area contributed by atoms with Crippen molar-refractivity contribution in [2.75, 3.05) is 0 Å². The van der Waals surface area contributed by atoms with Crippen molar-refractivity contribution in [3.8, 4) is 5.75 Å². The van der Waals surface area contributed by atoms with E-state index in [1.54, 1.807) is 25.1 Å². The SMILES string of the molecule is Cc1nc2cc(N=Cc3cc(Cl)cc([N+](=O)[O-])c3[O-])ccc2o1. The molecule has 3 rings (SSSR count). The van der Waals surface area contributed by atoms with Crippen LogP contribution in [-0.4, -0.2) is 16.1 Å². The third-order valence-electron chi connectivity index (χ3n) is 3.09. The molecule has 0 aliphatic heterocycles. The Morgan fingerprint density at radius 2 is 2.13 bits per heavy atom. The van der Waals surface area contributed by atoms with Crippen LogP contribution >= 0.6 is 11.6 Å². The molecule has 0 unspecified atom stereocenters. The second-order valence-electron chi connectivity index (χ2n) is 4.74. The predicted molar refractivity (Wildman–Crippen MR) is 83.6 cm³/mol. The van der Waals surface area contributed by atoms with Crippen LogP contribution in [0, 0.1) is 17.0 Å². The summed E-state index contributed by atoms with van der Waals surface area (Å²) in [4.78, 5) is 18.4. The van der Waals surface area contributed by atoms with Gasteiger partial charge in [0, 0.05) is 24.2 Å². The Hall–Kier alpha value is -2.93. The molecule has 1 heterocycles. The lowest BCUT2D eigenvalue weighted by molar-refractivity contribution is -0.398. The fraction of sp³-hybridized carbons (Fsp3) is 0.0667. The van der Waals surface area contributed by atoms with Crippen LogP contribution < -0.4 is 5.11 Å². The minimum absolute atomic E-state index is 0.0423. The quantitative estimate of drug-likeness (QED) is 0.415. The van der Waals surface area contributed by atoms with E-state index < -0.39 is 16.4 Å². The number of rotatable bonds is 3. The summed E-state index contributed by atoms with van der Waals surface area (Å²) in [6.45, 7) is 1.73. The van der Waals surface area contributed by atoms with Crippen LogP contribution in [0.4, 0.5) is 11.4 Å². The van der Waals surface area contributed by atoms with Crippen LogP contribution in [0.1, 0.15) is 11.5 Å². The molecule has 0 aliphatic rings. The van der Waals surface area contributed by atoms with E-state index in [0.29, 0.717) is 22.7 Å². The van der Waals surface area contributed by atoms with Gasteiger partial charge in [-0.25, -0.2) is 4.98 Å². The van der Waals surface area contributed by atoms with Crippen molar-refractivity contribution in [3.63, 3.8) is 0 Å². The second kappa shape index (κ2) is 5.69. The number of halogens is 1. The molecule has 0 spiro atoms. The fourth-order valence-corrected chi connectivity index (χ4v) is 2.31. The molecule has 23 heavy (non-hydrogen) atoms. The van der Waals surface area contributed by atoms with E-state index in [1.165, 1.54) is 12.3 Å². The molecule has 0 aliphatic carbocycles. The van der Waals surface area contributed by atoms with Crippen molar-refractivity contribution in [1.82, 2.24) is 4.98 Å². The Kier molecular flexibility index (Phi) is 3.71. The molecule has 0 amide bonds. The van der Waals surface area contributed by atoms with Crippen LogP contribution in [-0.2, 0) is 0 Å². The highest BCUT2D eigenvalue weighted by Gasteiger charge is 2.11. The Morgan fingerprint density at radius 3 is 2.87 bits per heavy atom. The molecule has 2 aromatic carbocycles. The van der Waals surface area contributed by atoms with E-state index in [0.717, 1.165) is 6.07 Å². The standard InChI is InChI=1S/C15H10ClN3O4/c1-8-18-12-6-11(2-3-14(12)23-8)17-7-9-4-10(16)5-13(15(9)20)19(21)22/h2-7,20H,1H3/p-1. The number of benzene rings is 2. The lowest BCUT2D eigenvalue weighted by atomic mass is 10.2. The maximum atomic E-state index is 12.0. The van der Waals surface area contributed by atoms with E-state index in [4.69, 9.17) is 16.0 Å². The number of fused-ring (bicyclic) bond motifs is 1. The third kappa shape index (κ3) is 3.00. The summed E-state index contributed by atoms with van der Waals surface area (Å²) in [6, 6.07) is 7.43. The number of aromatic nitrogens is 1. The zero-order valence-electron chi connectivity index (χ0n) is 11.8. The predicted octanol–water partition coefficient (Wildman–Crippen LogP) is 3.52. The summed E-state index contributed by atoms with van der Waals surface area (Å²) in [5.74, 6) is -0.199. The number of oxazole rings is 1. The lowest BCUT2D eigenvalue weighted by Crippen LogP contribution is -2.02. The minimum atomic E-state index is -0.768. The topological polar surface area (TPSA) is 105 Å². The average molecular weight is 331 g/mol. The molecule has 0 N–H and O–H groups in total. The number of hydrogen-bond acceptors (Lipinski definition) is 6. The number of nitro benzene ring substituents is 1. The maximum absolute atomic E-state index is 12.0. The molecule has 0 fully saturated rings. The summed E-state index contributed by atoms with van der Waals surface area (Å²) in [7, 11) is 0. The van der Waals surface area contributed by atoms with Gasteiger partial charge in [0.2, 0.25) is 0 Å². The summed E-state index contributed by atoms with van der Waals surface area (Å²) in [6.07, 6.45) is 1.25. The van der Waals surface area contributed by atoms with Gasteiger partial charge < -0.3 is 9.52 Å². The first-order valence-electron chi connectivity index (χ1n) is 6.50. The first-order chi connectivity index (χ1) is 10.9. The molecule has 0 radical (unpaired) electrons. The highest BCUT2D eigenvalue weighted by molar-refractivity contribution is 6.31. The van der Waals surface area contributed by atoms with Crippen molar-refractivity contribution < 1.29 is 14.4 Å². The molecule has 0 bridgehead atoms. The van der Waals surface area contributed by atoms with Gasteiger partial charge in [0.1, 0.15) is 5.52 Å². The first kappa shape index (κ1) is 15.0. The average Bonchev–Trinajstić information content (AvgIpc) is 2.86. The Morgan fingerprint density at radius 1 is 1.35 bits per heavy atom. The second-order valence-corrected chi connectivity index (χ2v) is 5.18. The molecular weight excluding hydrogens is 322 g/mol. The molecular formula is C15H9ClN3O4-. The molecule has 116 valence electrons. The van der Waals surface area contributed by atoms with Gasteiger partial charge in [-0.05, 0) is 35.6 Å². The van der Waals surface area contributed by atoms with Crippen molar-refractivity contribution >= 4 is 40.3 Å². The highest BCUT2D eigenvalue weighted by atomic mass is 35.5. The number of nitrogens with zero attached hydrogens (tertiary/aromatic N) is 3.